The summed E-state index contributed by atoms with van der Waals surface area (Å²) in [6, 6.07) is 15.2. The third-order valence-corrected chi connectivity index (χ3v) is 8.33. The van der Waals surface area contributed by atoms with Gasteiger partial charge in [-0.3, -0.25) is 4.79 Å². The zero-order valence-corrected chi connectivity index (χ0v) is 20.7. The molecule has 0 saturated carbocycles. The summed E-state index contributed by atoms with van der Waals surface area (Å²) >= 11 is 0. The fourth-order valence-corrected chi connectivity index (χ4v) is 5.89. The second-order valence-electron chi connectivity index (χ2n) is 8.81. The van der Waals surface area contributed by atoms with Crippen LogP contribution in [0.15, 0.2) is 53.4 Å². The highest BCUT2D eigenvalue weighted by atomic mass is 32.2. The molecule has 1 N–H and O–H groups in total. The van der Waals surface area contributed by atoms with Gasteiger partial charge in [0.15, 0.2) is 0 Å². The van der Waals surface area contributed by atoms with Crippen LogP contribution in [0, 0.1) is 0 Å². The SMILES string of the molecule is CN(CCNC(=O)CCc1nc2cc(S(=O)(=O)N3CCCCC3)ccc2n1C)c1ccccc1. The van der Waals surface area contributed by atoms with Gasteiger partial charge in [-0.15, -0.1) is 0 Å². The predicted octanol–water partition coefficient (Wildman–Crippen LogP) is 2.93. The first kappa shape index (κ1) is 24.2. The van der Waals surface area contributed by atoms with Crippen LogP contribution in [0.4, 0.5) is 5.69 Å². The Morgan fingerprint density at radius 1 is 1.09 bits per heavy atom. The van der Waals surface area contributed by atoms with Crippen LogP contribution in [0.1, 0.15) is 31.5 Å². The number of amides is 1. The molecule has 3 aromatic rings. The maximum absolute atomic E-state index is 13.0. The third kappa shape index (κ3) is 5.42. The zero-order valence-electron chi connectivity index (χ0n) is 19.9. The Hall–Kier alpha value is -2.91. The summed E-state index contributed by atoms with van der Waals surface area (Å²) < 4.78 is 29.5. The number of benzene rings is 2. The molecule has 8 nitrogen and oxygen atoms in total. The van der Waals surface area contributed by atoms with Gasteiger partial charge in [0, 0.05) is 58.8 Å². The third-order valence-electron chi connectivity index (χ3n) is 6.44. The molecule has 9 heteroatoms. The summed E-state index contributed by atoms with van der Waals surface area (Å²) in [5.74, 6) is 0.737. The van der Waals surface area contributed by atoms with Crippen molar-refractivity contribution in [1.82, 2.24) is 19.2 Å². The highest BCUT2D eigenvalue weighted by Crippen LogP contribution is 2.25. The summed E-state index contributed by atoms with van der Waals surface area (Å²) in [5.41, 5.74) is 2.61. The molecule has 1 aliphatic rings. The number of hydrogen-bond donors (Lipinski definition) is 1. The number of nitrogens with zero attached hydrogens (tertiary/aromatic N) is 4. The van der Waals surface area contributed by atoms with E-state index in [0.29, 0.717) is 38.0 Å². The lowest BCUT2D eigenvalue weighted by Gasteiger charge is -2.25. The van der Waals surface area contributed by atoms with Crippen LogP contribution in [0.25, 0.3) is 11.0 Å². The normalized spacial score (nSPS) is 14.9. The number of piperidine rings is 1. The van der Waals surface area contributed by atoms with Crippen molar-refractivity contribution in [2.24, 2.45) is 7.05 Å². The highest BCUT2D eigenvalue weighted by Gasteiger charge is 2.26. The molecule has 34 heavy (non-hydrogen) atoms. The van der Waals surface area contributed by atoms with E-state index in [1.54, 1.807) is 16.4 Å². The van der Waals surface area contributed by atoms with Crippen molar-refractivity contribution < 1.29 is 13.2 Å². The van der Waals surface area contributed by atoms with Crippen molar-refractivity contribution in [2.45, 2.75) is 37.0 Å². The number of carbonyl (C=O) groups excluding carboxylic acids is 1. The molecular weight excluding hydrogens is 450 g/mol. The lowest BCUT2D eigenvalue weighted by atomic mass is 10.2. The molecule has 1 saturated heterocycles. The fourth-order valence-electron chi connectivity index (χ4n) is 4.36. The molecule has 0 atom stereocenters. The maximum Gasteiger partial charge on any atom is 0.243 e. The summed E-state index contributed by atoms with van der Waals surface area (Å²) in [6.45, 7) is 2.43. The number of aryl methyl sites for hydroxylation is 2. The number of sulfonamides is 1. The largest absolute Gasteiger partial charge is 0.373 e. The van der Waals surface area contributed by atoms with Crippen LogP contribution < -0.4 is 10.2 Å². The molecule has 182 valence electrons. The van der Waals surface area contributed by atoms with E-state index in [2.05, 4.69) is 15.2 Å². The summed E-state index contributed by atoms with van der Waals surface area (Å²) in [7, 11) is 0.395. The molecule has 2 aromatic carbocycles. The van der Waals surface area contributed by atoms with Gasteiger partial charge in [0.05, 0.1) is 15.9 Å². The van der Waals surface area contributed by atoms with E-state index in [4.69, 9.17) is 0 Å². The van der Waals surface area contributed by atoms with Crippen LogP contribution in [0.5, 0.6) is 0 Å². The van der Waals surface area contributed by atoms with Crippen LogP contribution in [-0.4, -0.2) is 61.4 Å². The number of imidazole rings is 1. The van der Waals surface area contributed by atoms with Gasteiger partial charge in [-0.2, -0.15) is 4.31 Å². The molecule has 0 radical (unpaired) electrons. The van der Waals surface area contributed by atoms with Crippen LogP contribution in [-0.2, 0) is 28.3 Å². The molecule has 4 rings (SSSR count). The van der Waals surface area contributed by atoms with E-state index in [0.717, 1.165) is 42.8 Å². The van der Waals surface area contributed by atoms with Gasteiger partial charge in [-0.25, -0.2) is 13.4 Å². The first-order chi connectivity index (χ1) is 16.4. The fraction of sp³-hybridized carbons (Fsp3) is 0.440. The molecular formula is C25H33N5O3S. The summed E-state index contributed by atoms with van der Waals surface area (Å²) in [4.78, 5) is 19.4. The Kier molecular flexibility index (Phi) is 7.53. The Balaban J connectivity index is 1.35. The minimum atomic E-state index is -3.50. The van der Waals surface area contributed by atoms with Gasteiger partial charge >= 0.3 is 0 Å². The van der Waals surface area contributed by atoms with Gasteiger partial charge < -0.3 is 14.8 Å². The zero-order chi connectivity index (χ0) is 24.1. The van der Waals surface area contributed by atoms with E-state index < -0.39 is 10.0 Å². The minimum Gasteiger partial charge on any atom is -0.373 e. The number of rotatable bonds is 9. The monoisotopic (exact) mass is 483 g/mol. The average molecular weight is 484 g/mol. The van der Waals surface area contributed by atoms with E-state index in [-0.39, 0.29) is 10.8 Å². The van der Waals surface area contributed by atoms with Crippen LogP contribution in [0.2, 0.25) is 0 Å². The quantitative estimate of drug-likeness (QED) is 0.506. The standard InChI is InChI=1S/C25H33N5O3S/c1-28(20-9-5-3-6-10-20)18-15-26-25(31)14-13-24-27-22-19-21(11-12-23(22)29(24)2)34(32,33)30-16-7-4-8-17-30/h3,5-6,9-12,19H,4,7-8,13-18H2,1-2H3,(H,26,31). The molecule has 0 aliphatic carbocycles. The number of fused-ring (bicyclic) bond motifs is 1. The van der Waals surface area contributed by atoms with Crippen molar-refractivity contribution in [3.63, 3.8) is 0 Å². The number of nitrogens with one attached hydrogen (secondary N) is 1. The molecule has 0 bridgehead atoms. The first-order valence-electron chi connectivity index (χ1n) is 11.8. The molecule has 0 unspecified atom stereocenters. The van der Waals surface area contributed by atoms with Crippen molar-refractivity contribution in [3.05, 3.63) is 54.4 Å². The number of likely N-dealkylation sites (N-methyl/N-ethyl adjacent to an activating group) is 1. The number of carbonyl (C=O) groups is 1. The Bertz CT molecular complexity index is 1230. The smallest absolute Gasteiger partial charge is 0.243 e. The number of para-hydroxylation sites is 1. The van der Waals surface area contributed by atoms with E-state index in [1.807, 2.05) is 55.1 Å². The van der Waals surface area contributed by atoms with Gasteiger partial charge in [0.2, 0.25) is 15.9 Å². The molecule has 1 amide bonds. The van der Waals surface area contributed by atoms with Crippen molar-refractivity contribution in [3.8, 4) is 0 Å². The van der Waals surface area contributed by atoms with E-state index in [9.17, 15) is 13.2 Å². The average Bonchev–Trinajstić information content (AvgIpc) is 3.18. The lowest BCUT2D eigenvalue weighted by Crippen LogP contribution is -2.35. The van der Waals surface area contributed by atoms with Crippen LogP contribution >= 0.6 is 0 Å². The van der Waals surface area contributed by atoms with E-state index >= 15 is 0 Å². The minimum absolute atomic E-state index is 0.0260. The Labute approximate surface area is 201 Å². The number of hydrogen-bond acceptors (Lipinski definition) is 5. The van der Waals surface area contributed by atoms with Gasteiger partial charge in [0.25, 0.3) is 0 Å². The molecule has 1 fully saturated rings. The number of anilines is 1. The van der Waals surface area contributed by atoms with Gasteiger partial charge in [-0.05, 0) is 43.2 Å². The van der Waals surface area contributed by atoms with E-state index in [1.165, 1.54) is 0 Å². The first-order valence-corrected chi connectivity index (χ1v) is 13.3. The molecule has 0 spiro atoms. The highest BCUT2D eigenvalue weighted by molar-refractivity contribution is 7.89. The second kappa shape index (κ2) is 10.6. The van der Waals surface area contributed by atoms with Gasteiger partial charge in [0.1, 0.15) is 5.82 Å². The van der Waals surface area contributed by atoms with Gasteiger partial charge in [-0.1, -0.05) is 24.6 Å². The Morgan fingerprint density at radius 3 is 2.56 bits per heavy atom. The molecule has 2 heterocycles. The predicted molar refractivity (Wildman–Crippen MR) is 134 cm³/mol. The van der Waals surface area contributed by atoms with Crippen LogP contribution in [0.3, 0.4) is 0 Å². The Morgan fingerprint density at radius 2 is 1.82 bits per heavy atom. The number of aromatic nitrogens is 2. The summed E-state index contributed by atoms with van der Waals surface area (Å²) in [6.07, 6.45) is 3.69. The van der Waals surface area contributed by atoms with Crippen molar-refractivity contribution in [1.29, 1.82) is 0 Å². The van der Waals surface area contributed by atoms with Crippen molar-refractivity contribution >= 4 is 32.7 Å². The second-order valence-corrected chi connectivity index (χ2v) is 10.7. The topological polar surface area (TPSA) is 87.5 Å². The summed E-state index contributed by atoms with van der Waals surface area (Å²) in [5, 5.41) is 2.97. The maximum atomic E-state index is 13.0. The molecule has 1 aliphatic heterocycles. The lowest BCUT2D eigenvalue weighted by molar-refractivity contribution is -0.121. The van der Waals surface area contributed by atoms with Crippen molar-refractivity contribution in [2.75, 3.05) is 38.1 Å². The molecule has 1 aromatic heterocycles.